The standard InChI is InChI=1S/C16H22BClFNO2/c1-15(2)16(3,4)22-17(21-15)12(10-20-5)8-11-9-13(19)6-7-14(11)18/h6-9,20H,10H2,1-5H3. The highest BCUT2D eigenvalue weighted by Gasteiger charge is 2.52. The quantitative estimate of drug-likeness (QED) is 0.856. The second kappa shape index (κ2) is 6.32. The highest BCUT2D eigenvalue weighted by molar-refractivity contribution is 6.56. The van der Waals surface area contributed by atoms with Crippen LogP contribution >= 0.6 is 11.6 Å². The van der Waals surface area contributed by atoms with E-state index in [0.717, 1.165) is 5.47 Å². The van der Waals surface area contributed by atoms with Crippen molar-refractivity contribution in [3.8, 4) is 0 Å². The first-order valence-electron chi connectivity index (χ1n) is 7.32. The summed E-state index contributed by atoms with van der Waals surface area (Å²) in [7, 11) is 1.35. The van der Waals surface area contributed by atoms with Crippen molar-refractivity contribution in [2.45, 2.75) is 38.9 Å². The molecule has 0 bridgehead atoms. The Morgan fingerprint density at radius 2 is 1.86 bits per heavy atom. The van der Waals surface area contributed by atoms with E-state index < -0.39 is 18.3 Å². The molecule has 0 aliphatic carbocycles. The average molecular weight is 326 g/mol. The van der Waals surface area contributed by atoms with Gasteiger partial charge < -0.3 is 14.6 Å². The van der Waals surface area contributed by atoms with Gasteiger partial charge in [0.15, 0.2) is 0 Å². The van der Waals surface area contributed by atoms with Crippen molar-refractivity contribution in [1.29, 1.82) is 0 Å². The molecule has 1 aliphatic rings. The summed E-state index contributed by atoms with van der Waals surface area (Å²) >= 11 is 6.15. The van der Waals surface area contributed by atoms with E-state index in [1.807, 2.05) is 40.8 Å². The summed E-state index contributed by atoms with van der Waals surface area (Å²) in [4.78, 5) is 0. The molecule has 0 unspecified atom stereocenters. The molecule has 1 N–H and O–H groups in total. The van der Waals surface area contributed by atoms with Crippen LogP contribution < -0.4 is 5.32 Å². The Balaban J connectivity index is 2.35. The molecule has 120 valence electrons. The summed E-state index contributed by atoms with van der Waals surface area (Å²) in [5.41, 5.74) is 0.641. The number of halogens is 2. The van der Waals surface area contributed by atoms with Gasteiger partial charge in [0.2, 0.25) is 0 Å². The monoisotopic (exact) mass is 325 g/mol. The first-order valence-corrected chi connectivity index (χ1v) is 7.70. The number of benzene rings is 1. The number of likely N-dealkylation sites (N-methyl/N-ethyl adjacent to an activating group) is 1. The zero-order chi connectivity index (χ0) is 16.5. The summed E-state index contributed by atoms with van der Waals surface area (Å²) in [5.74, 6) is -0.326. The molecule has 0 aromatic heterocycles. The van der Waals surface area contributed by atoms with Gasteiger partial charge in [0.25, 0.3) is 0 Å². The van der Waals surface area contributed by atoms with E-state index >= 15 is 0 Å². The van der Waals surface area contributed by atoms with Crippen LogP contribution in [0.3, 0.4) is 0 Å². The fraction of sp³-hybridized carbons (Fsp3) is 0.500. The molecule has 0 radical (unpaired) electrons. The van der Waals surface area contributed by atoms with E-state index in [0.29, 0.717) is 17.1 Å². The van der Waals surface area contributed by atoms with E-state index in [9.17, 15) is 4.39 Å². The van der Waals surface area contributed by atoms with Crippen molar-refractivity contribution < 1.29 is 13.7 Å². The number of rotatable bonds is 4. The molecular weight excluding hydrogens is 303 g/mol. The Bertz CT molecular complexity index is 574. The average Bonchev–Trinajstić information content (AvgIpc) is 2.62. The summed E-state index contributed by atoms with van der Waals surface area (Å²) in [6, 6.07) is 4.29. The topological polar surface area (TPSA) is 30.5 Å². The van der Waals surface area contributed by atoms with Crippen LogP contribution in [0.5, 0.6) is 0 Å². The maximum absolute atomic E-state index is 13.4. The van der Waals surface area contributed by atoms with E-state index in [4.69, 9.17) is 20.9 Å². The van der Waals surface area contributed by atoms with Gasteiger partial charge in [-0.3, -0.25) is 0 Å². The molecule has 1 aromatic rings. The minimum Gasteiger partial charge on any atom is -0.400 e. The van der Waals surface area contributed by atoms with Gasteiger partial charge in [-0.05, 0) is 64.0 Å². The highest BCUT2D eigenvalue weighted by Crippen LogP contribution is 2.39. The Labute approximate surface area is 137 Å². The van der Waals surface area contributed by atoms with Gasteiger partial charge in [-0.15, -0.1) is 0 Å². The van der Waals surface area contributed by atoms with Crippen LogP contribution in [0.15, 0.2) is 23.7 Å². The first kappa shape index (κ1) is 17.5. The maximum atomic E-state index is 13.4. The molecule has 1 saturated heterocycles. The maximum Gasteiger partial charge on any atom is 0.491 e. The molecular formula is C16H22BClFNO2. The second-order valence-corrected chi connectivity index (χ2v) is 6.91. The van der Waals surface area contributed by atoms with Crippen molar-refractivity contribution >= 4 is 24.8 Å². The van der Waals surface area contributed by atoms with Crippen molar-refractivity contribution in [3.63, 3.8) is 0 Å². The largest absolute Gasteiger partial charge is 0.491 e. The molecule has 6 heteroatoms. The summed E-state index contributed by atoms with van der Waals surface area (Å²) < 4.78 is 25.5. The van der Waals surface area contributed by atoms with Gasteiger partial charge in [0.1, 0.15) is 5.82 Å². The van der Waals surface area contributed by atoms with Crippen molar-refractivity contribution in [2.24, 2.45) is 0 Å². The zero-order valence-electron chi connectivity index (χ0n) is 13.7. The predicted molar refractivity (Wildman–Crippen MR) is 89.4 cm³/mol. The molecule has 0 saturated carbocycles. The van der Waals surface area contributed by atoms with Gasteiger partial charge in [0.05, 0.1) is 11.2 Å². The smallest absolute Gasteiger partial charge is 0.400 e. The van der Waals surface area contributed by atoms with Crippen molar-refractivity contribution in [2.75, 3.05) is 13.6 Å². The van der Waals surface area contributed by atoms with Crippen molar-refractivity contribution in [3.05, 3.63) is 40.1 Å². The lowest BCUT2D eigenvalue weighted by Gasteiger charge is -2.32. The van der Waals surface area contributed by atoms with E-state index in [1.165, 1.54) is 12.1 Å². The van der Waals surface area contributed by atoms with Crippen LogP contribution in [-0.2, 0) is 9.31 Å². The van der Waals surface area contributed by atoms with Gasteiger partial charge >= 0.3 is 7.12 Å². The molecule has 1 aromatic carbocycles. The van der Waals surface area contributed by atoms with Crippen LogP contribution in [0.1, 0.15) is 33.3 Å². The lowest BCUT2D eigenvalue weighted by atomic mass is 9.77. The molecule has 22 heavy (non-hydrogen) atoms. The lowest BCUT2D eigenvalue weighted by Crippen LogP contribution is -2.41. The number of hydrogen-bond donors (Lipinski definition) is 1. The van der Waals surface area contributed by atoms with Crippen LogP contribution in [0, 0.1) is 5.82 Å². The second-order valence-electron chi connectivity index (χ2n) is 6.50. The Hall–Kier alpha value is -0.875. The third-order valence-electron chi connectivity index (χ3n) is 4.24. The van der Waals surface area contributed by atoms with Crippen molar-refractivity contribution in [1.82, 2.24) is 5.32 Å². The van der Waals surface area contributed by atoms with E-state index in [-0.39, 0.29) is 5.82 Å². The molecule has 1 aliphatic heterocycles. The SMILES string of the molecule is CNCC(=Cc1cc(F)ccc1Cl)B1OC(C)(C)C(C)(C)O1. The highest BCUT2D eigenvalue weighted by atomic mass is 35.5. The van der Waals surface area contributed by atoms with Crippen LogP contribution in [0.4, 0.5) is 4.39 Å². The Morgan fingerprint density at radius 3 is 2.41 bits per heavy atom. The molecule has 0 amide bonds. The zero-order valence-corrected chi connectivity index (χ0v) is 14.4. The molecule has 1 fully saturated rings. The Morgan fingerprint density at radius 1 is 1.27 bits per heavy atom. The minimum absolute atomic E-state index is 0.326. The van der Waals surface area contributed by atoms with Gasteiger partial charge in [-0.25, -0.2) is 4.39 Å². The number of hydrogen-bond acceptors (Lipinski definition) is 3. The van der Waals surface area contributed by atoms with Crippen LogP contribution in [-0.4, -0.2) is 31.9 Å². The molecule has 0 spiro atoms. The normalized spacial score (nSPS) is 20.5. The van der Waals surface area contributed by atoms with Gasteiger partial charge in [-0.1, -0.05) is 17.7 Å². The van der Waals surface area contributed by atoms with Crippen LogP contribution in [0.2, 0.25) is 5.02 Å². The van der Waals surface area contributed by atoms with E-state index in [2.05, 4.69) is 5.32 Å². The molecule has 1 heterocycles. The summed E-state index contributed by atoms with van der Waals surface area (Å²) in [5, 5.41) is 3.58. The fourth-order valence-electron chi connectivity index (χ4n) is 2.23. The van der Waals surface area contributed by atoms with E-state index in [1.54, 1.807) is 6.07 Å². The van der Waals surface area contributed by atoms with Gasteiger partial charge in [-0.2, -0.15) is 0 Å². The summed E-state index contributed by atoms with van der Waals surface area (Å²) in [6.45, 7) is 8.56. The lowest BCUT2D eigenvalue weighted by molar-refractivity contribution is 0.00578. The molecule has 3 nitrogen and oxygen atoms in total. The summed E-state index contributed by atoms with van der Waals surface area (Å²) in [6.07, 6.45) is 1.82. The minimum atomic E-state index is -0.489. The third kappa shape index (κ3) is 3.54. The number of nitrogens with one attached hydrogen (secondary N) is 1. The van der Waals surface area contributed by atoms with Crippen LogP contribution in [0.25, 0.3) is 6.08 Å². The molecule has 0 atom stereocenters. The fourth-order valence-corrected chi connectivity index (χ4v) is 2.40. The first-order chi connectivity index (χ1) is 10.2. The predicted octanol–water partition coefficient (Wildman–Crippen LogP) is 3.71. The third-order valence-corrected chi connectivity index (χ3v) is 4.58. The Kier molecular flexibility index (Phi) is 5.02. The van der Waals surface area contributed by atoms with Gasteiger partial charge in [0, 0.05) is 11.6 Å². The molecule has 2 rings (SSSR count).